The Morgan fingerprint density at radius 2 is 2.16 bits per heavy atom. The fourth-order valence-corrected chi connectivity index (χ4v) is 2.25. The zero-order chi connectivity index (χ0) is 14.0. The number of fused-ring (bicyclic) bond motifs is 1. The largest absolute Gasteiger partial charge is 0.478 e. The summed E-state index contributed by atoms with van der Waals surface area (Å²) in [6, 6.07) is 4.67. The minimum absolute atomic E-state index is 0.0111. The Kier molecular flexibility index (Phi) is 3.74. The van der Waals surface area contributed by atoms with Crippen molar-refractivity contribution in [3.63, 3.8) is 0 Å². The van der Waals surface area contributed by atoms with Crippen molar-refractivity contribution in [3.05, 3.63) is 23.8 Å². The van der Waals surface area contributed by atoms with Crippen LogP contribution in [0.3, 0.4) is 0 Å². The number of carboxylic acid groups (broad SMARTS) is 1. The van der Waals surface area contributed by atoms with E-state index in [1.54, 1.807) is 12.1 Å². The first kappa shape index (κ1) is 13.4. The Bertz CT molecular complexity index is 511. The normalized spacial score (nSPS) is 18.3. The summed E-state index contributed by atoms with van der Waals surface area (Å²) in [6.45, 7) is 4.68. The van der Waals surface area contributed by atoms with Gasteiger partial charge in [0.1, 0.15) is 0 Å². The number of aromatic carboxylic acids is 1. The number of carbonyl (C=O) groups is 2. The molecule has 5 nitrogen and oxygen atoms in total. The van der Waals surface area contributed by atoms with Crippen LogP contribution in [0.15, 0.2) is 18.2 Å². The van der Waals surface area contributed by atoms with Crippen LogP contribution in [-0.4, -0.2) is 23.5 Å². The molecule has 2 rings (SSSR count). The maximum Gasteiger partial charge on any atom is 0.335 e. The lowest BCUT2D eigenvalue weighted by atomic mass is 9.96. The minimum atomic E-state index is -0.973. The van der Waals surface area contributed by atoms with E-state index in [1.807, 2.05) is 0 Å². The summed E-state index contributed by atoms with van der Waals surface area (Å²) in [7, 11) is 0. The van der Waals surface area contributed by atoms with Crippen LogP contribution in [0.25, 0.3) is 0 Å². The van der Waals surface area contributed by atoms with Crippen molar-refractivity contribution in [2.75, 3.05) is 17.2 Å². The molecule has 1 amide bonds. The molecule has 0 fully saturated rings. The summed E-state index contributed by atoms with van der Waals surface area (Å²) in [5.41, 5.74) is 1.52. The second-order valence-electron chi connectivity index (χ2n) is 5.26. The molecule has 5 heteroatoms. The molecule has 0 aliphatic carbocycles. The van der Waals surface area contributed by atoms with Crippen LogP contribution < -0.4 is 10.6 Å². The van der Waals surface area contributed by atoms with Crippen LogP contribution >= 0.6 is 0 Å². The predicted octanol–water partition coefficient (Wildman–Crippen LogP) is 2.41. The highest BCUT2D eigenvalue weighted by Crippen LogP contribution is 2.28. The SMILES string of the molecule is CC(C)CC1CNc2cc(C(=O)O)ccc2NC1=O. The van der Waals surface area contributed by atoms with Crippen molar-refractivity contribution in [2.24, 2.45) is 11.8 Å². The van der Waals surface area contributed by atoms with E-state index < -0.39 is 5.97 Å². The smallest absolute Gasteiger partial charge is 0.335 e. The van der Waals surface area contributed by atoms with E-state index >= 15 is 0 Å². The van der Waals surface area contributed by atoms with Gasteiger partial charge in [0, 0.05) is 6.54 Å². The molecule has 1 aromatic rings. The topological polar surface area (TPSA) is 78.4 Å². The third kappa shape index (κ3) is 3.05. The molecule has 0 spiro atoms. The third-order valence-corrected chi connectivity index (χ3v) is 3.19. The van der Waals surface area contributed by atoms with Crippen molar-refractivity contribution in [3.8, 4) is 0 Å². The lowest BCUT2D eigenvalue weighted by molar-refractivity contribution is -0.119. The standard InChI is InChI=1S/C14H18N2O3/c1-8(2)5-10-7-15-12-6-9(14(18)19)3-4-11(12)16-13(10)17/h3-4,6,8,10,15H,5,7H2,1-2H3,(H,16,17)(H,18,19). The lowest BCUT2D eigenvalue weighted by Crippen LogP contribution is -2.27. The van der Waals surface area contributed by atoms with Gasteiger partial charge in [-0.2, -0.15) is 0 Å². The van der Waals surface area contributed by atoms with E-state index in [0.29, 0.717) is 23.8 Å². The molecule has 1 heterocycles. The first-order chi connectivity index (χ1) is 8.97. The molecular weight excluding hydrogens is 244 g/mol. The molecule has 1 atom stereocenters. The van der Waals surface area contributed by atoms with E-state index in [4.69, 9.17) is 5.11 Å². The van der Waals surface area contributed by atoms with Gasteiger partial charge in [0.25, 0.3) is 0 Å². The number of hydrogen-bond acceptors (Lipinski definition) is 3. The van der Waals surface area contributed by atoms with Gasteiger partial charge in [-0.05, 0) is 30.5 Å². The van der Waals surface area contributed by atoms with Gasteiger partial charge >= 0.3 is 5.97 Å². The summed E-state index contributed by atoms with van der Waals surface area (Å²) in [4.78, 5) is 23.0. The molecule has 1 aliphatic rings. The highest BCUT2D eigenvalue weighted by Gasteiger charge is 2.24. The van der Waals surface area contributed by atoms with Crippen LogP contribution in [0.4, 0.5) is 11.4 Å². The van der Waals surface area contributed by atoms with Crippen molar-refractivity contribution in [1.82, 2.24) is 0 Å². The summed E-state index contributed by atoms with van der Waals surface area (Å²) in [5, 5.41) is 15.0. The molecule has 0 radical (unpaired) electrons. The van der Waals surface area contributed by atoms with Gasteiger partial charge in [0.2, 0.25) is 5.91 Å². The average molecular weight is 262 g/mol. The molecule has 102 valence electrons. The first-order valence-corrected chi connectivity index (χ1v) is 6.39. The predicted molar refractivity (Wildman–Crippen MR) is 73.5 cm³/mol. The second-order valence-corrected chi connectivity index (χ2v) is 5.26. The number of amides is 1. The minimum Gasteiger partial charge on any atom is -0.478 e. The van der Waals surface area contributed by atoms with Gasteiger partial charge in [-0.1, -0.05) is 13.8 Å². The van der Waals surface area contributed by atoms with E-state index in [2.05, 4.69) is 24.5 Å². The van der Waals surface area contributed by atoms with Gasteiger partial charge in [0.05, 0.1) is 22.9 Å². The van der Waals surface area contributed by atoms with Gasteiger partial charge in [-0.25, -0.2) is 4.79 Å². The summed E-state index contributed by atoms with van der Waals surface area (Å²) >= 11 is 0. The van der Waals surface area contributed by atoms with Crippen LogP contribution in [0.1, 0.15) is 30.6 Å². The van der Waals surface area contributed by atoms with E-state index in [9.17, 15) is 9.59 Å². The van der Waals surface area contributed by atoms with Gasteiger partial charge in [0.15, 0.2) is 0 Å². The zero-order valence-corrected chi connectivity index (χ0v) is 11.1. The Balaban J connectivity index is 2.23. The van der Waals surface area contributed by atoms with Gasteiger partial charge in [-0.3, -0.25) is 4.79 Å². The summed E-state index contributed by atoms with van der Waals surface area (Å²) < 4.78 is 0. The molecule has 0 bridgehead atoms. The van der Waals surface area contributed by atoms with Gasteiger partial charge in [-0.15, -0.1) is 0 Å². The number of benzene rings is 1. The number of hydrogen-bond donors (Lipinski definition) is 3. The third-order valence-electron chi connectivity index (χ3n) is 3.19. The molecular formula is C14H18N2O3. The van der Waals surface area contributed by atoms with E-state index in [0.717, 1.165) is 6.42 Å². The maximum atomic E-state index is 12.1. The quantitative estimate of drug-likeness (QED) is 0.781. The highest BCUT2D eigenvalue weighted by molar-refractivity contribution is 5.99. The van der Waals surface area contributed by atoms with Crippen molar-refractivity contribution in [2.45, 2.75) is 20.3 Å². The molecule has 1 aromatic carbocycles. The molecule has 0 saturated carbocycles. The van der Waals surface area contributed by atoms with E-state index in [-0.39, 0.29) is 17.4 Å². The van der Waals surface area contributed by atoms with Crippen LogP contribution in [0, 0.1) is 11.8 Å². The first-order valence-electron chi connectivity index (χ1n) is 6.39. The van der Waals surface area contributed by atoms with E-state index in [1.165, 1.54) is 6.07 Å². The fraction of sp³-hybridized carbons (Fsp3) is 0.429. The van der Waals surface area contributed by atoms with Crippen molar-refractivity contribution >= 4 is 23.3 Å². The molecule has 1 unspecified atom stereocenters. The summed E-state index contributed by atoms with van der Waals surface area (Å²) in [5.74, 6) is -0.643. The maximum absolute atomic E-state index is 12.1. The van der Waals surface area contributed by atoms with Crippen molar-refractivity contribution < 1.29 is 14.7 Å². The highest BCUT2D eigenvalue weighted by atomic mass is 16.4. The molecule has 0 aromatic heterocycles. The Labute approximate surface area is 112 Å². The number of carboxylic acids is 1. The fourth-order valence-electron chi connectivity index (χ4n) is 2.25. The number of nitrogens with one attached hydrogen (secondary N) is 2. The Morgan fingerprint density at radius 3 is 2.79 bits per heavy atom. The van der Waals surface area contributed by atoms with Crippen LogP contribution in [0.2, 0.25) is 0 Å². The molecule has 19 heavy (non-hydrogen) atoms. The van der Waals surface area contributed by atoms with Crippen LogP contribution in [-0.2, 0) is 4.79 Å². The molecule has 1 aliphatic heterocycles. The number of anilines is 2. The molecule has 0 saturated heterocycles. The zero-order valence-electron chi connectivity index (χ0n) is 11.1. The number of carbonyl (C=O) groups excluding carboxylic acids is 1. The average Bonchev–Trinajstić information content (AvgIpc) is 2.48. The number of rotatable bonds is 3. The monoisotopic (exact) mass is 262 g/mol. The lowest BCUT2D eigenvalue weighted by Gasteiger charge is -2.15. The van der Waals surface area contributed by atoms with Crippen molar-refractivity contribution in [1.29, 1.82) is 0 Å². The van der Waals surface area contributed by atoms with Crippen LogP contribution in [0.5, 0.6) is 0 Å². The summed E-state index contributed by atoms with van der Waals surface area (Å²) in [6.07, 6.45) is 0.804. The van der Waals surface area contributed by atoms with Gasteiger partial charge < -0.3 is 15.7 Å². The second kappa shape index (κ2) is 5.30. The molecule has 3 N–H and O–H groups in total. The Hall–Kier alpha value is -2.04. The Morgan fingerprint density at radius 1 is 1.42 bits per heavy atom.